The molecule has 2 aromatic carbocycles. The minimum atomic E-state index is -4.49. The molecule has 226 valence electrons. The summed E-state index contributed by atoms with van der Waals surface area (Å²) in [5, 5.41) is 12.2. The van der Waals surface area contributed by atoms with Gasteiger partial charge < -0.3 is 20.1 Å². The van der Waals surface area contributed by atoms with Crippen molar-refractivity contribution in [3.8, 4) is 5.75 Å². The number of halogens is 4. The van der Waals surface area contributed by atoms with Gasteiger partial charge in [0.05, 0.1) is 36.9 Å². The van der Waals surface area contributed by atoms with E-state index in [0.717, 1.165) is 28.6 Å². The highest BCUT2D eigenvalue weighted by molar-refractivity contribution is 7.89. The van der Waals surface area contributed by atoms with Crippen LogP contribution in [0.5, 0.6) is 5.75 Å². The molecule has 9 nitrogen and oxygen atoms in total. The van der Waals surface area contributed by atoms with Crippen molar-refractivity contribution >= 4 is 27.5 Å². The number of anilines is 1. The van der Waals surface area contributed by atoms with Crippen molar-refractivity contribution in [2.24, 2.45) is 5.92 Å². The number of ether oxygens (including phenoxy) is 1. The fourth-order valence-corrected chi connectivity index (χ4v) is 5.53. The van der Waals surface area contributed by atoms with Crippen molar-refractivity contribution in [3.05, 3.63) is 53.8 Å². The molecule has 3 atom stereocenters. The van der Waals surface area contributed by atoms with E-state index in [1.165, 1.54) is 30.1 Å². The Balaban J connectivity index is 1.92. The molecular formula is C27H33F4N3O6S. The number of rotatable bonds is 9. The van der Waals surface area contributed by atoms with Crippen LogP contribution >= 0.6 is 0 Å². The monoisotopic (exact) mass is 603 g/mol. The van der Waals surface area contributed by atoms with Gasteiger partial charge in [-0.25, -0.2) is 12.8 Å². The first-order chi connectivity index (χ1) is 19.1. The quantitative estimate of drug-likeness (QED) is 0.424. The molecule has 1 heterocycles. The molecule has 0 aromatic heterocycles. The van der Waals surface area contributed by atoms with Gasteiger partial charge in [-0.2, -0.15) is 17.5 Å². The lowest BCUT2D eigenvalue weighted by Crippen LogP contribution is -2.48. The number of fused-ring (bicyclic) bond motifs is 1. The highest BCUT2D eigenvalue weighted by Gasteiger charge is 2.34. The standard InChI is InChI=1S/C27H33F4N3O6S/c1-17-14-34(18(2)16-35)26(37)13-19-12-21(32-25(36)10-11-27(29,30)31)6-9-23(19)40-24(17)15-33(3)41(38,39)22-7-4-20(28)5-8-22/h4-9,12,17-18,24,35H,10-11,13-16H2,1-3H3,(H,32,36)/t17-,18+,24-/m0/s1. The Kier molecular flexibility index (Phi) is 10.4. The third kappa shape index (κ3) is 8.63. The second-order valence-corrected chi connectivity index (χ2v) is 12.2. The summed E-state index contributed by atoms with van der Waals surface area (Å²) in [7, 11) is -2.68. The van der Waals surface area contributed by atoms with Crippen LogP contribution in [-0.4, -0.2) is 79.6 Å². The Labute approximate surface area is 236 Å². The van der Waals surface area contributed by atoms with Crippen molar-refractivity contribution in [1.82, 2.24) is 9.21 Å². The van der Waals surface area contributed by atoms with E-state index in [0.29, 0.717) is 5.56 Å². The lowest BCUT2D eigenvalue weighted by atomic mass is 10.0. The van der Waals surface area contributed by atoms with Gasteiger partial charge in [-0.1, -0.05) is 6.92 Å². The summed E-state index contributed by atoms with van der Waals surface area (Å²) in [5.74, 6) is -2.00. The number of sulfonamides is 1. The molecule has 2 aromatic rings. The van der Waals surface area contributed by atoms with E-state index in [2.05, 4.69) is 5.32 Å². The Bertz CT molecular complexity index is 1340. The number of carbonyl (C=O) groups excluding carboxylic acids is 2. The maximum absolute atomic E-state index is 13.4. The van der Waals surface area contributed by atoms with Gasteiger partial charge in [-0.05, 0) is 49.4 Å². The Morgan fingerprint density at radius 2 is 1.88 bits per heavy atom. The molecule has 3 rings (SSSR count). The molecule has 0 fully saturated rings. The molecule has 0 spiro atoms. The third-order valence-corrected chi connectivity index (χ3v) is 8.63. The summed E-state index contributed by atoms with van der Waals surface area (Å²) in [6.07, 6.45) is -7.53. The maximum atomic E-state index is 13.4. The van der Waals surface area contributed by atoms with Crippen molar-refractivity contribution in [2.75, 3.05) is 32.1 Å². The SMILES string of the molecule is C[C@H](CO)N1C[C@H](C)[C@H](CN(C)S(=O)(=O)c2ccc(F)cc2)Oc2ccc(NC(=O)CCC(F)(F)F)cc2CC1=O. The van der Waals surface area contributed by atoms with E-state index >= 15 is 0 Å². The van der Waals surface area contributed by atoms with Gasteiger partial charge in [-0.15, -0.1) is 0 Å². The molecular weight excluding hydrogens is 570 g/mol. The smallest absolute Gasteiger partial charge is 0.389 e. The van der Waals surface area contributed by atoms with Gasteiger partial charge in [0.2, 0.25) is 21.8 Å². The summed E-state index contributed by atoms with van der Waals surface area (Å²) in [4.78, 5) is 26.7. The van der Waals surface area contributed by atoms with Crippen LogP contribution < -0.4 is 10.1 Å². The van der Waals surface area contributed by atoms with E-state index < -0.39 is 58.8 Å². The van der Waals surface area contributed by atoms with E-state index in [1.54, 1.807) is 13.8 Å². The fourth-order valence-electron chi connectivity index (χ4n) is 4.34. The third-order valence-electron chi connectivity index (χ3n) is 6.79. The Morgan fingerprint density at radius 3 is 2.49 bits per heavy atom. The zero-order valence-electron chi connectivity index (χ0n) is 22.8. The van der Waals surface area contributed by atoms with Gasteiger partial charge in [-0.3, -0.25) is 9.59 Å². The number of hydrogen-bond acceptors (Lipinski definition) is 6. The average Bonchev–Trinajstić information content (AvgIpc) is 2.94. The van der Waals surface area contributed by atoms with Gasteiger partial charge in [0.25, 0.3) is 0 Å². The molecule has 0 saturated carbocycles. The largest absolute Gasteiger partial charge is 0.488 e. The van der Waals surface area contributed by atoms with Crippen molar-refractivity contribution < 1.29 is 45.4 Å². The zero-order chi connectivity index (χ0) is 30.5. The van der Waals surface area contributed by atoms with E-state index in [-0.39, 0.29) is 48.4 Å². The lowest BCUT2D eigenvalue weighted by molar-refractivity contribution is -0.142. The molecule has 2 N–H and O–H groups in total. The minimum Gasteiger partial charge on any atom is -0.488 e. The number of amides is 2. The number of nitrogens with one attached hydrogen (secondary N) is 1. The minimum absolute atomic E-state index is 0.117. The predicted molar refractivity (Wildman–Crippen MR) is 142 cm³/mol. The van der Waals surface area contributed by atoms with Crippen LogP contribution in [0.25, 0.3) is 0 Å². The number of likely N-dealkylation sites (N-methyl/N-ethyl adjacent to an activating group) is 1. The number of benzene rings is 2. The molecule has 0 bridgehead atoms. The molecule has 2 amide bonds. The summed E-state index contributed by atoms with van der Waals surface area (Å²) < 4.78 is 84.5. The Morgan fingerprint density at radius 1 is 1.22 bits per heavy atom. The first kappa shape index (κ1) is 32.3. The van der Waals surface area contributed by atoms with Crippen LogP contribution in [-0.2, 0) is 26.0 Å². The van der Waals surface area contributed by atoms with Crippen LogP contribution in [0, 0.1) is 11.7 Å². The molecule has 0 saturated heterocycles. The van der Waals surface area contributed by atoms with Crippen molar-refractivity contribution in [2.45, 2.75) is 56.3 Å². The number of hydrogen-bond donors (Lipinski definition) is 2. The van der Waals surface area contributed by atoms with Crippen LogP contribution in [0.3, 0.4) is 0 Å². The van der Waals surface area contributed by atoms with Gasteiger partial charge in [0, 0.05) is 37.2 Å². The molecule has 1 aliphatic rings. The topological polar surface area (TPSA) is 116 Å². The molecule has 0 radical (unpaired) electrons. The van der Waals surface area contributed by atoms with E-state index in [1.807, 2.05) is 0 Å². The highest BCUT2D eigenvalue weighted by Crippen LogP contribution is 2.30. The van der Waals surface area contributed by atoms with Crippen LogP contribution in [0.1, 0.15) is 32.3 Å². The number of nitrogens with zero attached hydrogens (tertiary/aromatic N) is 2. The number of aliphatic hydroxyl groups is 1. The van der Waals surface area contributed by atoms with Crippen LogP contribution in [0.2, 0.25) is 0 Å². The van der Waals surface area contributed by atoms with Crippen molar-refractivity contribution in [3.63, 3.8) is 0 Å². The number of carbonyl (C=O) groups is 2. The van der Waals surface area contributed by atoms with Gasteiger partial charge >= 0.3 is 6.18 Å². The summed E-state index contributed by atoms with van der Waals surface area (Å²) in [6.45, 7) is 3.08. The zero-order valence-corrected chi connectivity index (χ0v) is 23.6. The number of aliphatic hydroxyl groups excluding tert-OH is 1. The maximum Gasteiger partial charge on any atom is 0.389 e. The van der Waals surface area contributed by atoms with E-state index in [4.69, 9.17) is 4.74 Å². The molecule has 1 aliphatic heterocycles. The highest BCUT2D eigenvalue weighted by atomic mass is 32.2. The molecule has 0 aliphatic carbocycles. The lowest BCUT2D eigenvalue weighted by Gasteiger charge is -2.33. The summed E-state index contributed by atoms with van der Waals surface area (Å²) in [5.41, 5.74) is 0.482. The normalized spacial score (nSPS) is 19.0. The molecule has 14 heteroatoms. The fraction of sp³-hybridized carbons (Fsp3) is 0.481. The van der Waals surface area contributed by atoms with E-state index in [9.17, 15) is 40.7 Å². The van der Waals surface area contributed by atoms with Gasteiger partial charge in [0.15, 0.2) is 0 Å². The summed E-state index contributed by atoms with van der Waals surface area (Å²) in [6, 6.07) is 8.10. The van der Waals surface area contributed by atoms with Crippen LogP contribution in [0.4, 0.5) is 23.2 Å². The molecule has 0 unspecified atom stereocenters. The predicted octanol–water partition coefficient (Wildman–Crippen LogP) is 3.58. The first-order valence-electron chi connectivity index (χ1n) is 12.9. The Hall–Kier alpha value is -3.23. The van der Waals surface area contributed by atoms with Crippen molar-refractivity contribution in [1.29, 1.82) is 0 Å². The second kappa shape index (κ2) is 13.2. The average molecular weight is 604 g/mol. The summed E-state index contributed by atoms with van der Waals surface area (Å²) >= 11 is 0. The number of alkyl halides is 3. The van der Waals surface area contributed by atoms with Crippen LogP contribution in [0.15, 0.2) is 47.4 Å². The first-order valence-corrected chi connectivity index (χ1v) is 14.3. The molecule has 41 heavy (non-hydrogen) atoms. The second-order valence-electron chi connectivity index (χ2n) is 10.1. The van der Waals surface area contributed by atoms with Gasteiger partial charge in [0.1, 0.15) is 17.7 Å².